The predicted molar refractivity (Wildman–Crippen MR) is 98.4 cm³/mol. The van der Waals surface area contributed by atoms with Crippen LogP contribution in [0.3, 0.4) is 0 Å². The van der Waals surface area contributed by atoms with Crippen LogP contribution in [-0.4, -0.2) is 31.6 Å². The number of carbonyl (C=O) groups is 1. The zero-order valence-corrected chi connectivity index (χ0v) is 15.1. The highest BCUT2D eigenvalue weighted by molar-refractivity contribution is 5.95. The lowest BCUT2D eigenvalue weighted by molar-refractivity contribution is 0.0714. The first-order chi connectivity index (χ1) is 12.2. The maximum Gasteiger partial charge on any atom is 0.254 e. The summed E-state index contributed by atoms with van der Waals surface area (Å²) in [6.45, 7) is 2.48. The monoisotopic (exact) mass is 339 g/mol. The fourth-order valence-corrected chi connectivity index (χ4v) is 3.55. The summed E-state index contributed by atoms with van der Waals surface area (Å²) in [6.07, 6.45) is 3.19. The maximum atomic E-state index is 13.0. The molecule has 0 heterocycles. The summed E-state index contributed by atoms with van der Waals surface area (Å²) in [4.78, 5) is 14.9. The lowest BCUT2D eigenvalue weighted by Crippen LogP contribution is -2.33. The van der Waals surface area contributed by atoms with Crippen LogP contribution in [-0.2, 0) is 6.42 Å². The van der Waals surface area contributed by atoms with Crippen molar-refractivity contribution < 1.29 is 14.3 Å². The minimum Gasteiger partial charge on any atom is -0.493 e. The average molecular weight is 339 g/mol. The largest absolute Gasteiger partial charge is 0.493 e. The van der Waals surface area contributed by atoms with Gasteiger partial charge >= 0.3 is 0 Å². The Labute approximate surface area is 149 Å². The topological polar surface area (TPSA) is 38.8 Å². The molecule has 132 valence electrons. The van der Waals surface area contributed by atoms with Crippen LogP contribution < -0.4 is 9.47 Å². The van der Waals surface area contributed by atoms with Crippen LogP contribution in [0.5, 0.6) is 11.5 Å². The molecule has 0 spiro atoms. The van der Waals surface area contributed by atoms with E-state index in [-0.39, 0.29) is 11.9 Å². The quantitative estimate of drug-likeness (QED) is 0.818. The number of aryl methyl sites for hydroxylation is 1. The molecular weight excluding hydrogens is 314 g/mol. The summed E-state index contributed by atoms with van der Waals surface area (Å²) < 4.78 is 10.9. The Kier molecular flexibility index (Phi) is 5.27. The molecule has 0 aromatic heterocycles. The van der Waals surface area contributed by atoms with Gasteiger partial charge in [-0.3, -0.25) is 4.79 Å². The number of amides is 1. The van der Waals surface area contributed by atoms with Crippen LogP contribution in [0.4, 0.5) is 0 Å². The second-order valence-electron chi connectivity index (χ2n) is 6.32. The number of nitrogens with zero attached hydrogens (tertiary/aromatic N) is 1. The van der Waals surface area contributed by atoms with E-state index in [0.717, 1.165) is 19.3 Å². The van der Waals surface area contributed by atoms with Crippen LogP contribution in [0.2, 0.25) is 0 Å². The number of hydrogen-bond acceptors (Lipinski definition) is 3. The Balaban J connectivity index is 1.86. The smallest absolute Gasteiger partial charge is 0.254 e. The van der Waals surface area contributed by atoms with E-state index in [1.54, 1.807) is 25.3 Å². The zero-order valence-electron chi connectivity index (χ0n) is 15.1. The van der Waals surface area contributed by atoms with Gasteiger partial charge in [0.25, 0.3) is 5.91 Å². The fourth-order valence-electron chi connectivity index (χ4n) is 3.55. The number of rotatable bonds is 5. The van der Waals surface area contributed by atoms with Crippen molar-refractivity contribution in [1.82, 2.24) is 4.90 Å². The molecule has 0 unspecified atom stereocenters. The Morgan fingerprint density at radius 1 is 1.20 bits per heavy atom. The molecule has 1 amide bonds. The van der Waals surface area contributed by atoms with Crippen molar-refractivity contribution in [3.63, 3.8) is 0 Å². The van der Waals surface area contributed by atoms with Crippen molar-refractivity contribution in [2.24, 2.45) is 0 Å². The van der Waals surface area contributed by atoms with Crippen LogP contribution >= 0.6 is 0 Å². The molecule has 1 atom stereocenters. The molecule has 2 aromatic carbocycles. The van der Waals surface area contributed by atoms with Gasteiger partial charge < -0.3 is 14.4 Å². The molecule has 3 rings (SSSR count). The molecule has 0 fully saturated rings. The second kappa shape index (κ2) is 7.60. The molecule has 0 bridgehead atoms. The van der Waals surface area contributed by atoms with Crippen LogP contribution in [0.15, 0.2) is 42.5 Å². The predicted octanol–water partition coefficient (Wildman–Crippen LogP) is 4.24. The zero-order chi connectivity index (χ0) is 17.8. The summed E-state index contributed by atoms with van der Waals surface area (Å²) in [7, 11) is 3.48. The number of ether oxygens (including phenoxy) is 2. The van der Waals surface area contributed by atoms with Crippen molar-refractivity contribution in [2.45, 2.75) is 32.2 Å². The molecular formula is C21H25NO3. The lowest BCUT2D eigenvalue weighted by Gasteiger charge is -2.33. The average Bonchev–Trinajstić information content (AvgIpc) is 2.67. The summed E-state index contributed by atoms with van der Waals surface area (Å²) in [6, 6.07) is 13.9. The number of hydrogen-bond donors (Lipinski definition) is 0. The van der Waals surface area contributed by atoms with E-state index in [0.29, 0.717) is 23.7 Å². The van der Waals surface area contributed by atoms with E-state index in [2.05, 4.69) is 24.3 Å². The summed E-state index contributed by atoms with van der Waals surface area (Å²) in [5.41, 5.74) is 3.23. The minimum atomic E-state index is 0.00283. The fraction of sp³-hybridized carbons (Fsp3) is 0.381. The van der Waals surface area contributed by atoms with E-state index in [1.807, 2.05) is 18.9 Å². The first-order valence-electron chi connectivity index (χ1n) is 8.81. The molecule has 0 aliphatic heterocycles. The van der Waals surface area contributed by atoms with Gasteiger partial charge in [0.05, 0.1) is 19.8 Å². The molecule has 4 heteroatoms. The van der Waals surface area contributed by atoms with Crippen LogP contribution in [0.25, 0.3) is 0 Å². The van der Waals surface area contributed by atoms with Crippen molar-refractivity contribution in [3.05, 3.63) is 59.2 Å². The van der Waals surface area contributed by atoms with Gasteiger partial charge in [-0.05, 0) is 55.5 Å². The number of carbonyl (C=O) groups excluding carboxylic acids is 1. The summed E-state index contributed by atoms with van der Waals surface area (Å²) in [5, 5.41) is 0. The molecule has 4 nitrogen and oxygen atoms in total. The third-order valence-electron chi connectivity index (χ3n) is 4.84. The Bertz CT molecular complexity index is 757. The highest BCUT2D eigenvalue weighted by Gasteiger charge is 2.27. The highest BCUT2D eigenvalue weighted by Crippen LogP contribution is 2.35. The van der Waals surface area contributed by atoms with Crippen molar-refractivity contribution in [3.8, 4) is 11.5 Å². The van der Waals surface area contributed by atoms with Gasteiger partial charge in [0, 0.05) is 12.6 Å². The first kappa shape index (κ1) is 17.3. The van der Waals surface area contributed by atoms with Gasteiger partial charge in [-0.25, -0.2) is 0 Å². The van der Waals surface area contributed by atoms with E-state index in [4.69, 9.17) is 9.47 Å². The van der Waals surface area contributed by atoms with Crippen LogP contribution in [0.1, 0.15) is 47.3 Å². The molecule has 1 aliphatic rings. The summed E-state index contributed by atoms with van der Waals surface area (Å²) in [5.74, 6) is 1.25. The summed E-state index contributed by atoms with van der Waals surface area (Å²) >= 11 is 0. The Hall–Kier alpha value is -2.49. The molecule has 2 aromatic rings. The Morgan fingerprint density at radius 2 is 2.00 bits per heavy atom. The number of methoxy groups -OCH3 is 1. The number of fused-ring (bicyclic) bond motifs is 1. The first-order valence-corrected chi connectivity index (χ1v) is 8.81. The van der Waals surface area contributed by atoms with Gasteiger partial charge in [-0.1, -0.05) is 24.3 Å². The molecule has 0 radical (unpaired) electrons. The van der Waals surface area contributed by atoms with Crippen molar-refractivity contribution in [2.75, 3.05) is 20.8 Å². The molecule has 1 aliphatic carbocycles. The van der Waals surface area contributed by atoms with Gasteiger partial charge in [-0.15, -0.1) is 0 Å². The lowest BCUT2D eigenvalue weighted by atomic mass is 9.87. The Morgan fingerprint density at radius 3 is 2.76 bits per heavy atom. The molecule has 0 saturated carbocycles. The highest BCUT2D eigenvalue weighted by atomic mass is 16.5. The van der Waals surface area contributed by atoms with Gasteiger partial charge in [-0.2, -0.15) is 0 Å². The van der Waals surface area contributed by atoms with Gasteiger partial charge in [0.15, 0.2) is 11.5 Å². The van der Waals surface area contributed by atoms with E-state index in [9.17, 15) is 4.79 Å². The van der Waals surface area contributed by atoms with Crippen LogP contribution in [0, 0.1) is 0 Å². The van der Waals surface area contributed by atoms with Crippen molar-refractivity contribution in [1.29, 1.82) is 0 Å². The second-order valence-corrected chi connectivity index (χ2v) is 6.32. The van der Waals surface area contributed by atoms with Gasteiger partial charge in [0.2, 0.25) is 0 Å². The molecule has 0 N–H and O–H groups in total. The van der Waals surface area contributed by atoms with E-state index in [1.165, 1.54) is 11.1 Å². The van der Waals surface area contributed by atoms with E-state index >= 15 is 0 Å². The maximum absolute atomic E-state index is 13.0. The number of benzene rings is 2. The molecule has 25 heavy (non-hydrogen) atoms. The molecule has 0 saturated heterocycles. The minimum absolute atomic E-state index is 0.00283. The van der Waals surface area contributed by atoms with Crippen molar-refractivity contribution >= 4 is 5.91 Å². The third-order valence-corrected chi connectivity index (χ3v) is 4.84. The van der Waals surface area contributed by atoms with Gasteiger partial charge in [0.1, 0.15) is 0 Å². The SMILES string of the molecule is CCOc1ccc(C(=O)N(C)[C@@H]2CCCc3ccccc32)cc1OC. The standard InChI is InChI=1S/C21H25NO3/c1-4-25-19-13-12-16(14-20(19)24-3)21(23)22(2)18-11-7-9-15-8-5-6-10-17(15)18/h5-6,8,10,12-14,18H,4,7,9,11H2,1-3H3/t18-/m1/s1. The normalized spacial score (nSPS) is 16.0. The third kappa shape index (κ3) is 3.48. The van der Waals surface area contributed by atoms with E-state index < -0.39 is 0 Å².